The van der Waals surface area contributed by atoms with Crippen LogP contribution in [0.25, 0.3) is 5.65 Å². The summed E-state index contributed by atoms with van der Waals surface area (Å²) in [5.74, 6) is 0.620. The van der Waals surface area contributed by atoms with Gasteiger partial charge in [0, 0.05) is 17.2 Å². The van der Waals surface area contributed by atoms with E-state index in [2.05, 4.69) is 59.4 Å². The second kappa shape index (κ2) is 5.30. The van der Waals surface area contributed by atoms with Crippen molar-refractivity contribution in [1.82, 2.24) is 14.6 Å². The number of benzene rings is 1. The maximum atomic E-state index is 4.43. The fourth-order valence-corrected chi connectivity index (χ4v) is 2.42. The zero-order valence-electron chi connectivity index (χ0n) is 9.85. The molecule has 4 nitrogen and oxygen atoms in total. The first kappa shape index (κ1) is 12.6. The van der Waals surface area contributed by atoms with Gasteiger partial charge in [-0.1, -0.05) is 28.1 Å². The van der Waals surface area contributed by atoms with Gasteiger partial charge in [-0.05, 0) is 45.8 Å². The van der Waals surface area contributed by atoms with Gasteiger partial charge in [0.05, 0.1) is 4.47 Å². The smallest absolute Gasteiger partial charge is 0.243 e. The van der Waals surface area contributed by atoms with Gasteiger partial charge in [-0.15, -0.1) is 5.10 Å². The van der Waals surface area contributed by atoms with Crippen LogP contribution in [0.2, 0.25) is 0 Å². The topological polar surface area (TPSA) is 42.2 Å². The molecule has 0 spiro atoms. The summed E-state index contributed by atoms with van der Waals surface area (Å²) in [6.45, 7) is 0.696. The maximum absolute atomic E-state index is 4.43. The van der Waals surface area contributed by atoms with E-state index < -0.39 is 0 Å². The summed E-state index contributed by atoms with van der Waals surface area (Å²) in [7, 11) is 0. The lowest BCUT2D eigenvalue weighted by atomic mass is 10.2. The number of pyridine rings is 1. The van der Waals surface area contributed by atoms with Gasteiger partial charge in [-0.2, -0.15) is 4.98 Å². The molecule has 2 aromatic heterocycles. The van der Waals surface area contributed by atoms with Gasteiger partial charge in [0.2, 0.25) is 5.95 Å². The standard InChI is InChI=1S/C13H10Br2N4/c14-10-5-3-9(4-6-10)8-16-13-17-12-11(15)2-1-7-19(12)18-13/h1-7H,8H2,(H,16,18). The van der Waals surface area contributed by atoms with Crippen molar-refractivity contribution in [2.75, 3.05) is 5.32 Å². The Bertz CT molecular complexity index is 706. The van der Waals surface area contributed by atoms with Crippen molar-refractivity contribution in [3.63, 3.8) is 0 Å². The Morgan fingerprint density at radius 2 is 1.89 bits per heavy atom. The number of hydrogen-bond acceptors (Lipinski definition) is 3. The van der Waals surface area contributed by atoms with Crippen LogP contribution in [0.5, 0.6) is 0 Å². The molecule has 0 unspecified atom stereocenters. The SMILES string of the molecule is Brc1ccc(CNc2nc3c(Br)cccn3n2)cc1. The van der Waals surface area contributed by atoms with Crippen LogP contribution >= 0.6 is 31.9 Å². The highest BCUT2D eigenvalue weighted by Gasteiger charge is 2.05. The van der Waals surface area contributed by atoms with Gasteiger partial charge in [0.25, 0.3) is 0 Å². The van der Waals surface area contributed by atoms with Crippen molar-refractivity contribution in [2.24, 2.45) is 0 Å². The predicted molar refractivity (Wildman–Crippen MR) is 82.2 cm³/mol. The zero-order valence-corrected chi connectivity index (χ0v) is 13.0. The highest BCUT2D eigenvalue weighted by Crippen LogP contribution is 2.17. The van der Waals surface area contributed by atoms with Crippen molar-refractivity contribution in [3.8, 4) is 0 Å². The molecule has 1 aromatic carbocycles. The number of rotatable bonds is 3. The average molecular weight is 382 g/mol. The molecule has 0 aliphatic carbocycles. The second-order valence-electron chi connectivity index (χ2n) is 4.04. The van der Waals surface area contributed by atoms with E-state index in [4.69, 9.17) is 0 Å². The third-order valence-electron chi connectivity index (χ3n) is 2.68. The van der Waals surface area contributed by atoms with Crippen LogP contribution in [-0.4, -0.2) is 14.6 Å². The van der Waals surface area contributed by atoms with E-state index >= 15 is 0 Å². The summed E-state index contributed by atoms with van der Waals surface area (Å²) in [5, 5.41) is 7.58. The van der Waals surface area contributed by atoms with Crippen molar-refractivity contribution >= 4 is 43.5 Å². The molecule has 0 radical (unpaired) electrons. The van der Waals surface area contributed by atoms with Crippen LogP contribution in [0, 0.1) is 0 Å². The number of aromatic nitrogens is 3. The summed E-state index contributed by atoms with van der Waals surface area (Å²) in [6, 6.07) is 12.0. The Hall–Kier alpha value is -1.40. The van der Waals surface area contributed by atoms with E-state index in [1.807, 2.05) is 30.5 Å². The number of nitrogens with zero attached hydrogens (tertiary/aromatic N) is 3. The normalized spacial score (nSPS) is 10.8. The number of nitrogens with one attached hydrogen (secondary N) is 1. The van der Waals surface area contributed by atoms with Gasteiger partial charge in [-0.25, -0.2) is 4.52 Å². The lowest BCUT2D eigenvalue weighted by Gasteiger charge is -2.01. The van der Waals surface area contributed by atoms with Crippen LogP contribution in [0.15, 0.2) is 51.5 Å². The molecular formula is C13H10Br2N4. The average Bonchev–Trinajstić information content (AvgIpc) is 2.83. The monoisotopic (exact) mass is 380 g/mol. The first-order chi connectivity index (χ1) is 9.22. The van der Waals surface area contributed by atoms with Gasteiger partial charge in [-0.3, -0.25) is 0 Å². The Balaban J connectivity index is 1.78. The molecule has 96 valence electrons. The molecule has 0 bridgehead atoms. The van der Waals surface area contributed by atoms with E-state index in [-0.39, 0.29) is 0 Å². The van der Waals surface area contributed by atoms with E-state index in [0.29, 0.717) is 12.5 Å². The van der Waals surface area contributed by atoms with Crippen LogP contribution < -0.4 is 5.32 Å². The molecule has 6 heteroatoms. The number of anilines is 1. The molecule has 0 atom stereocenters. The highest BCUT2D eigenvalue weighted by atomic mass is 79.9. The van der Waals surface area contributed by atoms with Gasteiger partial charge in [0.15, 0.2) is 5.65 Å². The van der Waals surface area contributed by atoms with Gasteiger partial charge < -0.3 is 5.32 Å². The summed E-state index contributed by atoms with van der Waals surface area (Å²) >= 11 is 6.88. The third-order valence-corrected chi connectivity index (χ3v) is 3.83. The minimum atomic E-state index is 0.620. The van der Waals surface area contributed by atoms with Crippen LogP contribution in [0.3, 0.4) is 0 Å². The maximum Gasteiger partial charge on any atom is 0.243 e. The molecule has 0 amide bonds. The molecule has 1 N–H and O–H groups in total. The first-order valence-electron chi connectivity index (χ1n) is 5.71. The molecule has 3 aromatic rings. The molecule has 0 saturated carbocycles. The lowest BCUT2D eigenvalue weighted by Crippen LogP contribution is -2.00. The predicted octanol–water partition coefficient (Wildman–Crippen LogP) is 3.87. The molecule has 0 aliphatic heterocycles. The minimum Gasteiger partial charge on any atom is -0.349 e. The van der Waals surface area contributed by atoms with E-state index in [1.54, 1.807) is 4.52 Å². The molecule has 2 heterocycles. The second-order valence-corrected chi connectivity index (χ2v) is 5.81. The van der Waals surface area contributed by atoms with Crippen molar-refractivity contribution in [2.45, 2.75) is 6.54 Å². The van der Waals surface area contributed by atoms with Crippen LogP contribution in [0.4, 0.5) is 5.95 Å². The Kier molecular flexibility index (Phi) is 3.52. The third kappa shape index (κ3) is 2.79. The fraction of sp³-hybridized carbons (Fsp3) is 0.0769. The molecule has 19 heavy (non-hydrogen) atoms. The Morgan fingerprint density at radius 1 is 1.11 bits per heavy atom. The summed E-state index contributed by atoms with van der Waals surface area (Å²) in [5.41, 5.74) is 1.99. The molecule has 0 fully saturated rings. The van der Waals surface area contributed by atoms with Gasteiger partial charge >= 0.3 is 0 Å². The van der Waals surface area contributed by atoms with E-state index in [9.17, 15) is 0 Å². The molecule has 0 saturated heterocycles. The Labute approximate surface area is 127 Å². The zero-order chi connectivity index (χ0) is 13.2. The minimum absolute atomic E-state index is 0.620. The summed E-state index contributed by atoms with van der Waals surface area (Å²) < 4.78 is 3.75. The lowest BCUT2D eigenvalue weighted by molar-refractivity contribution is 0.948. The number of hydrogen-bond donors (Lipinski definition) is 1. The fourth-order valence-electron chi connectivity index (χ4n) is 1.73. The van der Waals surface area contributed by atoms with E-state index in [0.717, 1.165) is 14.6 Å². The largest absolute Gasteiger partial charge is 0.349 e. The van der Waals surface area contributed by atoms with E-state index in [1.165, 1.54) is 5.56 Å². The summed E-state index contributed by atoms with van der Waals surface area (Å²) in [4.78, 5) is 4.43. The van der Waals surface area contributed by atoms with Crippen LogP contribution in [-0.2, 0) is 6.54 Å². The molecule has 3 rings (SSSR count). The number of fused-ring (bicyclic) bond motifs is 1. The van der Waals surface area contributed by atoms with Crippen LogP contribution in [0.1, 0.15) is 5.56 Å². The highest BCUT2D eigenvalue weighted by molar-refractivity contribution is 9.10. The molecular weight excluding hydrogens is 372 g/mol. The van der Waals surface area contributed by atoms with Gasteiger partial charge in [0.1, 0.15) is 0 Å². The van der Waals surface area contributed by atoms with Crippen molar-refractivity contribution in [3.05, 3.63) is 57.1 Å². The van der Waals surface area contributed by atoms with Crippen molar-refractivity contribution in [1.29, 1.82) is 0 Å². The number of halogens is 2. The molecule has 0 aliphatic rings. The first-order valence-corrected chi connectivity index (χ1v) is 7.30. The summed E-state index contributed by atoms with van der Waals surface area (Å²) in [6.07, 6.45) is 1.87. The Morgan fingerprint density at radius 3 is 2.63 bits per heavy atom. The van der Waals surface area contributed by atoms with Crippen molar-refractivity contribution < 1.29 is 0 Å². The quantitative estimate of drug-likeness (QED) is 0.748.